The minimum absolute atomic E-state index is 0.0562. The Morgan fingerprint density at radius 2 is 1.89 bits per heavy atom. The molecule has 0 saturated carbocycles. The van der Waals surface area contributed by atoms with E-state index in [1.807, 2.05) is 20.8 Å². The van der Waals surface area contributed by atoms with E-state index < -0.39 is 0 Å². The summed E-state index contributed by atoms with van der Waals surface area (Å²) in [6.07, 6.45) is 0. The zero-order chi connectivity index (χ0) is 19.6. The summed E-state index contributed by atoms with van der Waals surface area (Å²) >= 11 is 0. The Hall–Kier alpha value is -3.09. The fraction of sp³-hybridized carbons (Fsp3) is 0.300. The van der Waals surface area contributed by atoms with Gasteiger partial charge in [-0.25, -0.2) is 9.18 Å². The van der Waals surface area contributed by atoms with Gasteiger partial charge in [-0.15, -0.1) is 0 Å². The molecule has 0 aliphatic carbocycles. The van der Waals surface area contributed by atoms with Crippen molar-refractivity contribution in [1.82, 2.24) is 5.32 Å². The topological polar surface area (TPSA) is 79.5 Å². The summed E-state index contributed by atoms with van der Waals surface area (Å²) < 4.78 is 18.6. The van der Waals surface area contributed by atoms with Crippen molar-refractivity contribution < 1.29 is 18.7 Å². The SMILES string of the molecule is CC(C)(C)C(NC(=O)Nc1ccc2c(c1)OCC(=O)N2)c1ccc(F)cc1. The summed E-state index contributed by atoms with van der Waals surface area (Å²) in [5, 5.41) is 8.41. The molecule has 0 spiro atoms. The smallest absolute Gasteiger partial charge is 0.319 e. The van der Waals surface area contributed by atoms with E-state index in [1.165, 1.54) is 12.1 Å². The first-order valence-electron chi connectivity index (χ1n) is 8.62. The van der Waals surface area contributed by atoms with Crippen LogP contribution in [0.3, 0.4) is 0 Å². The van der Waals surface area contributed by atoms with E-state index in [-0.39, 0.29) is 35.8 Å². The van der Waals surface area contributed by atoms with E-state index in [2.05, 4.69) is 16.0 Å². The average Bonchev–Trinajstić information content (AvgIpc) is 2.60. The van der Waals surface area contributed by atoms with Crippen molar-refractivity contribution in [3.8, 4) is 5.75 Å². The molecule has 6 nitrogen and oxygen atoms in total. The lowest BCUT2D eigenvalue weighted by atomic mass is 9.82. The Morgan fingerprint density at radius 3 is 2.56 bits per heavy atom. The van der Waals surface area contributed by atoms with Crippen LogP contribution in [0.4, 0.5) is 20.6 Å². The highest BCUT2D eigenvalue weighted by Gasteiger charge is 2.28. The first-order valence-corrected chi connectivity index (χ1v) is 8.62. The number of carbonyl (C=O) groups excluding carboxylic acids is 2. The molecular weight excluding hydrogens is 349 g/mol. The molecule has 27 heavy (non-hydrogen) atoms. The van der Waals surface area contributed by atoms with Gasteiger partial charge in [-0.05, 0) is 35.2 Å². The number of urea groups is 1. The van der Waals surface area contributed by atoms with Crippen LogP contribution in [-0.2, 0) is 4.79 Å². The number of fused-ring (bicyclic) bond motifs is 1. The van der Waals surface area contributed by atoms with E-state index in [0.717, 1.165) is 5.56 Å². The molecule has 3 N–H and O–H groups in total. The molecule has 1 atom stereocenters. The molecule has 2 aromatic rings. The van der Waals surface area contributed by atoms with Crippen LogP contribution in [0.25, 0.3) is 0 Å². The number of amides is 3. The maximum absolute atomic E-state index is 13.2. The lowest BCUT2D eigenvalue weighted by Crippen LogP contribution is -2.39. The number of ether oxygens (including phenoxy) is 1. The predicted octanol–water partition coefficient (Wildman–Crippen LogP) is 4.07. The zero-order valence-corrected chi connectivity index (χ0v) is 15.4. The van der Waals surface area contributed by atoms with Gasteiger partial charge in [0, 0.05) is 11.8 Å². The van der Waals surface area contributed by atoms with Gasteiger partial charge in [-0.3, -0.25) is 4.79 Å². The first-order chi connectivity index (χ1) is 12.7. The monoisotopic (exact) mass is 371 g/mol. The Labute approximate surface area is 157 Å². The lowest BCUT2D eigenvalue weighted by molar-refractivity contribution is -0.118. The lowest BCUT2D eigenvalue weighted by Gasteiger charge is -2.32. The average molecular weight is 371 g/mol. The second kappa shape index (κ2) is 7.26. The molecule has 0 radical (unpaired) electrons. The number of carbonyl (C=O) groups is 2. The van der Waals surface area contributed by atoms with Crippen molar-refractivity contribution in [2.24, 2.45) is 5.41 Å². The summed E-state index contributed by atoms with van der Waals surface area (Å²) in [6, 6.07) is 10.4. The van der Waals surface area contributed by atoms with Gasteiger partial charge in [0.15, 0.2) is 6.61 Å². The normalized spacial score (nSPS) is 14.4. The van der Waals surface area contributed by atoms with Gasteiger partial charge >= 0.3 is 6.03 Å². The maximum atomic E-state index is 13.2. The van der Waals surface area contributed by atoms with E-state index in [9.17, 15) is 14.0 Å². The molecule has 142 valence electrons. The third-order valence-electron chi connectivity index (χ3n) is 4.22. The number of rotatable bonds is 3. The van der Waals surface area contributed by atoms with Gasteiger partial charge in [0.2, 0.25) is 0 Å². The van der Waals surface area contributed by atoms with E-state index in [4.69, 9.17) is 4.74 Å². The molecule has 3 rings (SSSR count). The van der Waals surface area contributed by atoms with E-state index >= 15 is 0 Å². The van der Waals surface area contributed by atoms with Crippen molar-refractivity contribution >= 4 is 23.3 Å². The summed E-state index contributed by atoms with van der Waals surface area (Å²) in [7, 11) is 0. The standard InChI is InChI=1S/C20H22FN3O3/c1-20(2,3)18(12-4-6-13(21)7-5-12)24-19(26)22-14-8-9-15-16(10-14)27-11-17(25)23-15/h4-10,18H,11H2,1-3H3,(H,23,25)(H2,22,24,26). The van der Waals surface area contributed by atoms with Crippen molar-refractivity contribution in [2.45, 2.75) is 26.8 Å². The van der Waals surface area contributed by atoms with Crippen molar-refractivity contribution in [1.29, 1.82) is 0 Å². The largest absolute Gasteiger partial charge is 0.482 e. The minimum Gasteiger partial charge on any atom is -0.482 e. The van der Waals surface area contributed by atoms with Crippen LogP contribution in [0, 0.1) is 11.2 Å². The van der Waals surface area contributed by atoms with Crippen molar-refractivity contribution in [2.75, 3.05) is 17.2 Å². The second-order valence-electron chi connectivity index (χ2n) is 7.50. The number of halogens is 1. The van der Waals surface area contributed by atoms with Crippen LogP contribution >= 0.6 is 0 Å². The van der Waals surface area contributed by atoms with Crippen LogP contribution in [0.1, 0.15) is 32.4 Å². The highest BCUT2D eigenvalue weighted by atomic mass is 19.1. The predicted molar refractivity (Wildman–Crippen MR) is 101 cm³/mol. The molecule has 0 fully saturated rings. The van der Waals surface area contributed by atoms with Crippen LogP contribution < -0.4 is 20.7 Å². The molecule has 1 heterocycles. The molecule has 1 unspecified atom stereocenters. The number of hydrogen-bond donors (Lipinski definition) is 3. The van der Waals surface area contributed by atoms with E-state index in [1.54, 1.807) is 30.3 Å². The molecule has 0 aromatic heterocycles. The molecular formula is C20H22FN3O3. The number of hydrogen-bond acceptors (Lipinski definition) is 3. The first kappa shape index (κ1) is 18.7. The number of nitrogens with one attached hydrogen (secondary N) is 3. The fourth-order valence-corrected chi connectivity index (χ4v) is 2.91. The highest BCUT2D eigenvalue weighted by Crippen LogP contribution is 2.33. The zero-order valence-electron chi connectivity index (χ0n) is 15.4. The number of benzene rings is 2. The maximum Gasteiger partial charge on any atom is 0.319 e. The minimum atomic E-state index is -0.390. The summed E-state index contributed by atoms with van der Waals surface area (Å²) in [5.41, 5.74) is 1.64. The summed E-state index contributed by atoms with van der Waals surface area (Å²) in [6.45, 7) is 5.93. The Bertz CT molecular complexity index is 860. The van der Waals surface area contributed by atoms with Gasteiger partial charge in [0.25, 0.3) is 5.91 Å². The summed E-state index contributed by atoms with van der Waals surface area (Å²) in [5.74, 6) is -0.0383. The molecule has 2 aromatic carbocycles. The molecule has 0 saturated heterocycles. The summed E-state index contributed by atoms with van der Waals surface area (Å²) in [4.78, 5) is 23.8. The van der Waals surface area contributed by atoms with Crippen LogP contribution in [0.15, 0.2) is 42.5 Å². The van der Waals surface area contributed by atoms with Crippen LogP contribution in [-0.4, -0.2) is 18.5 Å². The van der Waals surface area contributed by atoms with Gasteiger partial charge in [0.1, 0.15) is 11.6 Å². The van der Waals surface area contributed by atoms with Gasteiger partial charge in [-0.1, -0.05) is 32.9 Å². The molecule has 7 heteroatoms. The third kappa shape index (κ3) is 4.55. The van der Waals surface area contributed by atoms with E-state index in [0.29, 0.717) is 17.1 Å². The third-order valence-corrected chi connectivity index (χ3v) is 4.22. The van der Waals surface area contributed by atoms with Gasteiger partial charge in [0.05, 0.1) is 11.7 Å². The molecule has 1 aliphatic rings. The van der Waals surface area contributed by atoms with Gasteiger partial charge < -0.3 is 20.7 Å². The van der Waals surface area contributed by atoms with Crippen molar-refractivity contribution in [3.05, 3.63) is 53.8 Å². The van der Waals surface area contributed by atoms with Crippen molar-refractivity contribution in [3.63, 3.8) is 0 Å². The van der Waals surface area contributed by atoms with Crippen LogP contribution in [0.2, 0.25) is 0 Å². The Morgan fingerprint density at radius 1 is 1.19 bits per heavy atom. The fourth-order valence-electron chi connectivity index (χ4n) is 2.91. The second-order valence-corrected chi connectivity index (χ2v) is 7.50. The number of anilines is 2. The highest BCUT2D eigenvalue weighted by molar-refractivity contribution is 5.96. The molecule has 1 aliphatic heterocycles. The molecule has 3 amide bonds. The molecule has 0 bridgehead atoms. The van der Waals surface area contributed by atoms with Crippen LogP contribution in [0.5, 0.6) is 5.75 Å². The Balaban J connectivity index is 1.73. The quantitative estimate of drug-likeness (QED) is 0.761. The van der Waals surface area contributed by atoms with Gasteiger partial charge in [-0.2, -0.15) is 0 Å². The Kier molecular flexibility index (Phi) is 5.03.